The van der Waals surface area contributed by atoms with Gasteiger partial charge in [0.15, 0.2) is 0 Å². The number of rotatable bonds is 6. The maximum Gasteiger partial charge on any atom is 0.110 e. The Hall–Kier alpha value is -2.40. The standard InChI is InChI=1S/C18H23N5/c1-4-22-13-16(12-21-22)11-20-14(2)17-5-7-18(8-6-17)23-10-9-19-15(23)3/h5-10,12-14,20H,4,11H2,1-3H3. The summed E-state index contributed by atoms with van der Waals surface area (Å²) in [5.74, 6) is 0.997. The highest BCUT2D eigenvalue weighted by Gasteiger charge is 2.07. The molecule has 1 aromatic carbocycles. The van der Waals surface area contributed by atoms with E-state index in [9.17, 15) is 0 Å². The van der Waals surface area contributed by atoms with E-state index < -0.39 is 0 Å². The zero-order valence-electron chi connectivity index (χ0n) is 13.9. The van der Waals surface area contributed by atoms with Crippen LogP contribution >= 0.6 is 0 Å². The van der Waals surface area contributed by atoms with Crippen molar-refractivity contribution in [2.24, 2.45) is 0 Å². The van der Waals surface area contributed by atoms with Crippen molar-refractivity contribution in [2.45, 2.75) is 39.9 Å². The number of aryl methyl sites for hydroxylation is 2. The maximum absolute atomic E-state index is 4.30. The summed E-state index contributed by atoms with van der Waals surface area (Å²) in [4.78, 5) is 4.27. The zero-order chi connectivity index (χ0) is 16.2. The minimum atomic E-state index is 0.290. The molecule has 0 aliphatic rings. The molecule has 1 atom stereocenters. The van der Waals surface area contributed by atoms with Crippen molar-refractivity contribution in [3.8, 4) is 5.69 Å². The molecule has 2 heterocycles. The molecule has 5 heteroatoms. The minimum absolute atomic E-state index is 0.290. The molecular weight excluding hydrogens is 286 g/mol. The first-order chi connectivity index (χ1) is 11.2. The minimum Gasteiger partial charge on any atom is -0.306 e. The topological polar surface area (TPSA) is 47.7 Å². The number of aromatic nitrogens is 4. The monoisotopic (exact) mass is 309 g/mol. The van der Waals surface area contributed by atoms with E-state index in [1.54, 1.807) is 0 Å². The molecule has 23 heavy (non-hydrogen) atoms. The SMILES string of the molecule is CCn1cc(CNC(C)c2ccc(-n3ccnc3C)cc2)cn1. The molecule has 2 aromatic heterocycles. The van der Waals surface area contributed by atoms with Crippen LogP contribution in [0.5, 0.6) is 0 Å². The molecule has 0 saturated heterocycles. The molecule has 120 valence electrons. The van der Waals surface area contributed by atoms with Crippen LogP contribution < -0.4 is 5.32 Å². The molecule has 0 bridgehead atoms. The van der Waals surface area contributed by atoms with Gasteiger partial charge in [-0.3, -0.25) is 4.68 Å². The lowest BCUT2D eigenvalue weighted by molar-refractivity contribution is 0.573. The maximum atomic E-state index is 4.30. The van der Waals surface area contributed by atoms with E-state index in [4.69, 9.17) is 0 Å². The van der Waals surface area contributed by atoms with Gasteiger partial charge in [0, 0.05) is 49.0 Å². The highest BCUT2D eigenvalue weighted by atomic mass is 15.3. The number of hydrogen-bond donors (Lipinski definition) is 1. The normalized spacial score (nSPS) is 12.5. The van der Waals surface area contributed by atoms with Crippen molar-refractivity contribution in [2.75, 3.05) is 0 Å². The summed E-state index contributed by atoms with van der Waals surface area (Å²) in [6, 6.07) is 8.90. The van der Waals surface area contributed by atoms with E-state index in [1.165, 1.54) is 11.1 Å². The van der Waals surface area contributed by atoms with Gasteiger partial charge in [-0.05, 0) is 38.5 Å². The first-order valence-electron chi connectivity index (χ1n) is 8.02. The van der Waals surface area contributed by atoms with E-state index in [0.717, 1.165) is 24.6 Å². The summed E-state index contributed by atoms with van der Waals surface area (Å²) in [5, 5.41) is 7.85. The fourth-order valence-corrected chi connectivity index (χ4v) is 2.63. The predicted molar refractivity (Wildman–Crippen MR) is 91.5 cm³/mol. The average Bonchev–Trinajstić information content (AvgIpc) is 3.21. The Labute approximate surface area is 137 Å². The van der Waals surface area contributed by atoms with Crippen molar-refractivity contribution in [1.29, 1.82) is 0 Å². The summed E-state index contributed by atoms with van der Waals surface area (Å²) in [6.07, 6.45) is 7.82. The van der Waals surface area contributed by atoms with Crippen LogP contribution in [0.4, 0.5) is 0 Å². The third-order valence-corrected chi connectivity index (χ3v) is 4.12. The van der Waals surface area contributed by atoms with E-state index >= 15 is 0 Å². The molecule has 0 aliphatic carbocycles. The number of benzene rings is 1. The molecule has 0 amide bonds. The van der Waals surface area contributed by atoms with Crippen LogP contribution in [-0.2, 0) is 13.1 Å². The van der Waals surface area contributed by atoms with Gasteiger partial charge in [0.1, 0.15) is 5.82 Å². The summed E-state index contributed by atoms with van der Waals surface area (Å²) in [7, 11) is 0. The van der Waals surface area contributed by atoms with Gasteiger partial charge in [-0.25, -0.2) is 4.98 Å². The quantitative estimate of drug-likeness (QED) is 0.760. The fraction of sp³-hybridized carbons (Fsp3) is 0.333. The number of nitrogens with zero attached hydrogens (tertiary/aromatic N) is 4. The molecular formula is C18H23N5. The van der Waals surface area contributed by atoms with Gasteiger partial charge in [-0.1, -0.05) is 12.1 Å². The van der Waals surface area contributed by atoms with Crippen molar-refractivity contribution in [1.82, 2.24) is 24.6 Å². The van der Waals surface area contributed by atoms with Gasteiger partial charge in [0.05, 0.1) is 6.20 Å². The highest BCUT2D eigenvalue weighted by molar-refractivity contribution is 5.36. The van der Waals surface area contributed by atoms with Crippen molar-refractivity contribution in [3.05, 3.63) is 66.0 Å². The Bertz CT molecular complexity index is 754. The second kappa shape index (κ2) is 6.79. The molecule has 3 aromatic rings. The summed E-state index contributed by atoms with van der Waals surface area (Å²) in [6.45, 7) is 8.01. The predicted octanol–water partition coefficient (Wildman–Crippen LogP) is 3.25. The van der Waals surface area contributed by atoms with Crippen LogP contribution in [0, 0.1) is 6.92 Å². The van der Waals surface area contributed by atoms with Crippen LogP contribution in [0.25, 0.3) is 5.69 Å². The van der Waals surface area contributed by atoms with Gasteiger partial charge in [0.2, 0.25) is 0 Å². The summed E-state index contributed by atoms with van der Waals surface area (Å²) >= 11 is 0. The third-order valence-electron chi connectivity index (χ3n) is 4.12. The second-order valence-corrected chi connectivity index (χ2v) is 5.74. The molecule has 0 radical (unpaired) electrons. The Balaban J connectivity index is 1.63. The van der Waals surface area contributed by atoms with E-state index in [0.29, 0.717) is 0 Å². The van der Waals surface area contributed by atoms with E-state index in [1.807, 2.05) is 30.2 Å². The Morgan fingerprint density at radius 1 is 1.22 bits per heavy atom. The first kappa shape index (κ1) is 15.5. The smallest absolute Gasteiger partial charge is 0.110 e. The van der Waals surface area contributed by atoms with Crippen LogP contribution in [0.2, 0.25) is 0 Å². The van der Waals surface area contributed by atoms with Gasteiger partial charge in [0.25, 0.3) is 0 Å². The molecule has 0 saturated carbocycles. The second-order valence-electron chi connectivity index (χ2n) is 5.74. The zero-order valence-corrected chi connectivity index (χ0v) is 13.9. The van der Waals surface area contributed by atoms with Crippen molar-refractivity contribution >= 4 is 0 Å². The molecule has 1 unspecified atom stereocenters. The highest BCUT2D eigenvalue weighted by Crippen LogP contribution is 2.17. The Morgan fingerprint density at radius 2 is 2.00 bits per heavy atom. The lowest BCUT2D eigenvalue weighted by atomic mass is 10.1. The van der Waals surface area contributed by atoms with Crippen LogP contribution in [-0.4, -0.2) is 19.3 Å². The van der Waals surface area contributed by atoms with Gasteiger partial charge in [-0.2, -0.15) is 5.10 Å². The first-order valence-corrected chi connectivity index (χ1v) is 8.02. The molecule has 0 fully saturated rings. The molecule has 0 aliphatic heterocycles. The molecule has 3 rings (SSSR count). The van der Waals surface area contributed by atoms with Crippen molar-refractivity contribution in [3.63, 3.8) is 0 Å². The van der Waals surface area contributed by atoms with Gasteiger partial charge < -0.3 is 9.88 Å². The van der Waals surface area contributed by atoms with Crippen molar-refractivity contribution < 1.29 is 0 Å². The largest absolute Gasteiger partial charge is 0.306 e. The van der Waals surface area contributed by atoms with Crippen LogP contribution in [0.15, 0.2) is 49.1 Å². The van der Waals surface area contributed by atoms with Gasteiger partial charge >= 0.3 is 0 Å². The van der Waals surface area contributed by atoms with Crippen LogP contribution in [0.3, 0.4) is 0 Å². The molecule has 5 nitrogen and oxygen atoms in total. The van der Waals surface area contributed by atoms with E-state index in [-0.39, 0.29) is 6.04 Å². The summed E-state index contributed by atoms with van der Waals surface area (Å²) < 4.78 is 4.03. The lowest BCUT2D eigenvalue weighted by Gasteiger charge is -2.14. The van der Waals surface area contributed by atoms with E-state index in [2.05, 4.69) is 64.3 Å². The Morgan fingerprint density at radius 3 is 2.61 bits per heavy atom. The fourth-order valence-electron chi connectivity index (χ4n) is 2.63. The van der Waals surface area contributed by atoms with Crippen LogP contribution in [0.1, 0.15) is 36.8 Å². The Kier molecular flexibility index (Phi) is 4.57. The lowest BCUT2D eigenvalue weighted by Crippen LogP contribution is -2.17. The summed E-state index contributed by atoms with van der Waals surface area (Å²) in [5.41, 5.74) is 3.62. The number of hydrogen-bond acceptors (Lipinski definition) is 3. The number of nitrogens with one attached hydrogen (secondary N) is 1. The third kappa shape index (κ3) is 3.51. The molecule has 1 N–H and O–H groups in total. The molecule has 0 spiro atoms. The van der Waals surface area contributed by atoms with Gasteiger partial charge in [-0.15, -0.1) is 0 Å². The average molecular weight is 309 g/mol. The number of imidazole rings is 1.